The van der Waals surface area contributed by atoms with Crippen molar-refractivity contribution in [2.24, 2.45) is 0 Å². The number of H-pyrrole nitrogens is 1. The minimum atomic E-state index is -0.959. The summed E-state index contributed by atoms with van der Waals surface area (Å²) in [6.45, 7) is 3.82. The number of aromatic carboxylic acids is 1. The van der Waals surface area contributed by atoms with E-state index in [4.69, 9.17) is 5.11 Å². The molecule has 0 saturated heterocycles. The van der Waals surface area contributed by atoms with Gasteiger partial charge in [-0.2, -0.15) is 5.10 Å². The van der Waals surface area contributed by atoms with Crippen LogP contribution in [0.1, 0.15) is 35.8 Å². The van der Waals surface area contributed by atoms with Crippen LogP contribution >= 0.6 is 15.9 Å². The molecule has 0 spiro atoms. The largest absolute Gasteiger partial charge is 0.478 e. The van der Waals surface area contributed by atoms with Crippen LogP contribution in [0, 0.1) is 0 Å². The van der Waals surface area contributed by atoms with Crippen molar-refractivity contribution in [2.75, 3.05) is 0 Å². The molecule has 12 heavy (non-hydrogen) atoms. The van der Waals surface area contributed by atoms with Gasteiger partial charge in [-0.05, 0) is 21.8 Å². The summed E-state index contributed by atoms with van der Waals surface area (Å²) < 4.78 is 0.360. The number of hydrogen-bond donors (Lipinski definition) is 2. The number of aromatic amines is 1. The summed E-state index contributed by atoms with van der Waals surface area (Å²) in [7, 11) is 0. The van der Waals surface area contributed by atoms with Gasteiger partial charge in [-0.1, -0.05) is 13.8 Å². The van der Waals surface area contributed by atoms with Crippen molar-refractivity contribution in [2.45, 2.75) is 19.8 Å². The smallest absolute Gasteiger partial charge is 0.340 e. The summed E-state index contributed by atoms with van der Waals surface area (Å²) in [4.78, 5) is 10.7. The van der Waals surface area contributed by atoms with Crippen LogP contribution in [0.3, 0.4) is 0 Å². The number of hydrogen-bond acceptors (Lipinski definition) is 2. The molecule has 0 aromatic carbocycles. The monoisotopic (exact) mass is 232 g/mol. The van der Waals surface area contributed by atoms with E-state index in [1.54, 1.807) is 0 Å². The van der Waals surface area contributed by atoms with Crippen molar-refractivity contribution in [3.05, 3.63) is 15.9 Å². The highest BCUT2D eigenvalue weighted by atomic mass is 79.9. The van der Waals surface area contributed by atoms with Crippen molar-refractivity contribution in [3.8, 4) is 0 Å². The third kappa shape index (κ3) is 1.50. The summed E-state index contributed by atoms with van der Waals surface area (Å²) in [5.41, 5.74) is 0.874. The van der Waals surface area contributed by atoms with E-state index >= 15 is 0 Å². The molecule has 5 heteroatoms. The zero-order valence-electron chi connectivity index (χ0n) is 6.76. The average molecular weight is 233 g/mol. The topological polar surface area (TPSA) is 66.0 Å². The van der Waals surface area contributed by atoms with Crippen LogP contribution in [0.5, 0.6) is 0 Å². The van der Waals surface area contributed by atoms with E-state index in [2.05, 4.69) is 26.1 Å². The van der Waals surface area contributed by atoms with Gasteiger partial charge < -0.3 is 5.11 Å². The molecule has 0 amide bonds. The summed E-state index contributed by atoms with van der Waals surface area (Å²) >= 11 is 3.06. The van der Waals surface area contributed by atoms with E-state index in [0.29, 0.717) is 10.3 Å². The van der Waals surface area contributed by atoms with Crippen molar-refractivity contribution >= 4 is 21.9 Å². The lowest BCUT2D eigenvalue weighted by molar-refractivity contribution is 0.0694. The highest BCUT2D eigenvalue weighted by Gasteiger charge is 2.19. The van der Waals surface area contributed by atoms with Crippen molar-refractivity contribution in [3.63, 3.8) is 0 Å². The van der Waals surface area contributed by atoms with Crippen LogP contribution in [0.15, 0.2) is 4.60 Å². The van der Waals surface area contributed by atoms with Crippen LogP contribution in [0.25, 0.3) is 0 Å². The van der Waals surface area contributed by atoms with Gasteiger partial charge in [0.15, 0.2) is 0 Å². The normalized spacial score (nSPS) is 10.7. The number of carboxylic acid groups (broad SMARTS) is 1. The number of rotatable bonds is 2. The molecule has 0 aliphatic heterocycles. The SMILES string of the molecule is CC(C)c1[nH]nc(Br)c1C(=O)O. The highest BCUT2D eigenvalue weighted by molar-refractivity contribution is 9.10. The molecule has 4 nitrogen and oxygen atoms in total. The lowest BCUT2D eigenvalue weighted by Crippen LogP contribution is -2.02. The van der Waals surface area contributed by atoms with Crippen LogP contribution < -0.4 is 0 Å². The van der Waals surface area contributed by atoms with E-state index < -0.39 is 5.97 Å². The Morgan fingerprint density at radius 1 is 1.67 bits per heavy atom. The third-order valence-electron chi connectivity index (χ3n) is 1.54. The van der Waals surface area contributed by atoms with Crippen LogP contribution in [0.4, 0.5) is 0 Å². The minimum absolute atomic E-state index is 0.134. The molecule has 0 aliphatic carbocycles. The predicted molar refractivity (Wildman–Crippen MR) is 47.3 cm³/mol. The van der Waals surface area contributed by atoms with Crippen LogP contribution in [0.2, 0.25) is 0 Å². The standard InChI is InChI=1S/C7H9BrN2O2/c1-3(2)5-4(7(11)12)6(8)10-9-5/h3H,1-2H3,(H,9,10)(H,11,12). The maximum absolute atomic E-state index is 10.7. The van der Waals surface area contributed by atoms with Gasteiger partial charge >= 0.3 is 5.97 Å². The number of carbonyl (C=O) groups is 1. The Morgan fingerprint density at radius 2 is 2.25 bits per heavy atom. The number of carboxylic acids is 1. The predicted octanol–water partition coefficient (Wildman–Crippen LogP) is 1.99. The number of halogens is 1. The summed E-state index contributed by atoms with van der Waals surface area (Å²) in [5, 5.41) is 15.2. The molecule has 0 fully saturated rings. The zero-order valence-corrected chi connectivity index (χ0v) is 8.34. The quantitative estimate of drug-likeness (QED) is 0.820. The number of nitrogens with one attached hydrogen (secondary N) is 1. The fraction of sp³-hybridized carbons (Fsp3) is 0.429. The lowest BCUT2D eigenvalue weighted by Gasteiger charge is -2.01. The van der Waals surface area contributed by atoms with Gasteiger partial charge in [-0.3, -0.25) is 5.10 Å². The first-order valence-electron chi connectivity index (χ1n) is 3.51. The molecule has 1 aromatic heterocycles. The van der Waals surface area contributed by atoms with E-state index in [9.17, 15) is 4.79 Å². The number of nitrogens with zero attached hydrogens (tertiary/aromatic N) is 1. The summed E-state index contributed by atoms with van der Waals surface area (Å²) in [5.74, 6) is -0.825. The van der Waals surface area contributed by atoms with Gasteiger partial charge in [0.25, 0.3) is 0 Å². The maximum atomic E-state index is 10.7. The molecular weight excluding hydrogens is 224 g/mol. The molecule has 0 aliphatic rings. The van der Waals surface area contributed by atoms with Gasteiger partial charge in [-0.15, -0.1) is 0 Å². The molecule has 0 atom stereocenters. The van der Waals surface area contributed by atoms with Crippen LogP contribution in [-0.2, 0) is 0 Å². The lowest BCUT2D eigenvalue weighted by atomic mass is 10.1. The fourth-order valence-corrected chi connectivity index (χ4v) is 1.43. The second kappa shape index (κ2) is 3.26. The summed E-state index contributed by atoms with van der Waals surface area (Å²) in [6, 6.07) is 0. The molecule has 1 rings (SSSR count). The first-order valence-corrected chi connectivity index (χ1v) is 4.30. The Balaban J connectivity index is 3.21. The molecule has 0 unspecified atom stereocenters. The van der Waals surface area contributed by atoms with Gasteiger partial charge in [0.05, 0.1) is 5.69 Å². The molecule has 1 aromatic rings. The second-order valence-corrected chi connectivity index (χ2v) is 3.51. The van der Waals surface area contributed by atoms with E-state index in [-0.39, 0.29) is 11.5 Å². The third-order valence-corrected chi connectivity index (χ3v) is 2.12. The van der Waals surface area contributed by atoms with Gasteiger partial charge in [0.2, 0.25) is 0 Å². The van der Waals surface area contributed by atoms with E-state index in [1.165, 1.54) is 0 Å². The second-order valence-electron chi connectivity index (χ2n) is 2.76. The zero-order chi connectivity index (χ0) is 9.30. The maximum Gasteiger partial charge on any atom is 0.340 e. The molecule has 0 saturated carbocycles. The van der Waals surface area contributed by atoms with Crippen molar-refractivity contribution in [1.29, 1.82) is 0 Å². The minimum Gasteiger partial charge on any atom is -0.478 e. The summed E-state index contributed by atoms with van der Waals surface area (Å²) in [6.07, 6.45) is 0. The van der Waals surface area contributed by atoms with Gasteiger partial charge in [0.1, 0.15) is 10.2 Å². The highest BCUT2D eigenvalue weighted by Crippen LogP contribution is 2.23. The van der Waals surface area contributed by atoms with Gasteiger partial charge in [-0.25, -0.2) is 4.79 Å². The molecule has 0 bridgehead atoms. The first-order chi connectivity index (χ1) is 5.54. The van der Waals surface area contributed by atoms with Crippen molar-refractivity contribution < 1.29 is 9.90 Å². The Morgan fingerprint density at radius 3 is 2.58 bits per heavy atom. The molecule has 66 valence electrons. The number of aromatic nitrogens is 2. The van der Waals surface area contributed by atoms with Gasteiger partial charge in [0, 0.05) is 0 Å². The molecule has 2 N–H and O–H groups in total. The van der Waals surface area contributed by atoms with Crippen LogP contribution in [-0.4, -0.2) is 21.3 Å². The van der Waals surface area contributed by atoms with E-state index in [1.807, 2.05) is 13.8 Å². The first kappa shape index (κ1) is 9.25. The fourth-order valence-electron chi connectivity index (χ4n) is 0.953. The van der Waals surface area contributed by atoms with Crippen molar-refractivity contribution in [1.82, 2.24) is 10.2 Å². The Labute approximate surface area is 78.1 Å². The average Bonchev–Trinajstić information content (AvgIpc) is 2.30. The Bertz CT molecular complexity index is 306. The Kier molecular flexibility index (Phi) is 2.52. The Hall–Kier alpha value is -0.840. The van der Waals surface area contributed by atoms with E-state index in [0.717, 1.165) is 0 Å². The molecule has 1 heterocycles. The molecular formula is C7H9BrN2O2. The molecule has 0 radical (unpaired) electrons.